The zero-order chi connectivity index (χ0) is 14.9. The lowest BCUT2D eigenvalue weighted by Gasteiger charge is -2.18. The van der Waals surface area contributed by atoms with Crippen LogP contribution in [0.15, 0.2) is 24.3 Å². The quantitative estimate of drug-likeness (QED) is 0.807. The summed E-state index contributed by atoms with van der Waals surface area (Å²) in [7, 11) is 1.80. The predicted octanol–water partition coefficient (Wildman–Crippen LogP) is 2.67. The van der Waals surface area contributed by atoms with E-state index in [1.165, 1.54) is 19.1 Å². The van der Waals surface area contributed by atoms with Crippen LogP contribution in [0.4, 0.5) is 12.9 Å². The summed E-state index contributed by atoms with van der Waals surface area (Å²) in [5, 5.41) is 4.18. The summed E-state index contributed by atoms with van der Waals surface area (Å²) in [5.74, 6) is 0.421. The van der Waals surface area contributed by atoms with E-state index in [9.17, 15) is 12.9 Å². The van der Waals surface area contributed by atoms with Gasteiger partial charge in [0.05, 0.1) is 11.4 Å². The Bertz CT molecular complexity index is 623. The Morgan fingerprint density at radius 1 is 1.20 bits per heavy atom. The molecule has 3 nitrogen and oxygen atoms in total. The maximum atomic E-state index is 12.7. The van der Waals surface area contributed by atoms with E-state index in [0.717, 1.165) is 17.5 Å². The molecule has 0 aliphatic carbocycles. The van der Waals surface area contributed by atoms with Gasteiger partial charge in [-0.15, -0.1) is 5.46 Å². The number of ether oxygens (including phenoxy) is 1. The number of hydrogen-bond donors (Lipinski definition) is 0. The van der Waals surface area contributed by atoms with Crippen molar-refractivity contribution in [3.05, 3.63) is 41.2 Å². The fourth-order valence-corrected chi connectivity index (χ4v) is 2.06. The molecule has 0 saturated carbocycles. The fourth-order valence-electron chi connectivity index (χ4n) is 2.06. The van der Waals surface area contributed by atoms with Crippen molar-refractivity contribution in [2.45, 2.75) is 20.5 Å². The molecule has 7 heteroatoms. The first-order valence-electron chi connectivity index (χ1n) is 6.20. The third kappa shape index (κ3) is 3.15. The number of aryl methyl sites for hydroxylation is 3. The molecular weight excluding hydrogens is 268 g/mol. The van der Waals surface area contributed by atoms with Gasteiger partial charge >= 0.3 is 6.98 Å². The van der Waals surface area contributed by atoms with Crippen molar-refractivity contribution in [2.75, 3.05) is 0 Å². The lowest BCUT2D eigenvalue weighted by atomic mass is 9.77. The van der Waals surface area contributed by atoms with Gasteiger partial charge in [-0.2, -0.15) is 5.10 Å². The van der Waals surface area contributed by atoms with Gasteiger partial charge in [-0.3, -0.25) is 4.68 Å². The number of hydrogen-bond acceptors (Lipinski definition) is 2. The first kappa shape index (κ1) is 14.5. The highest BCUT2D eigenvalue weighted by Crippen LogP contribution is 2.18. The normalized spacial score (nSPS) is 11.7. The standard InChI is InChI=1S/C13H15BF3N2O/c1-9-6-12(4-5-13(9)14(15,16)17)20-8-11-7-10(2)18-19(11)3/h4-7H,8H2,1-3H3/q-1. The Balaban J connectivity index is 2.11. The molecule has 1 aromatic carbocycles. The number of halogens is 3. The van der Waals surface area contributed by atoms with Crippen molar-refractivity contribution in [3.63, 3.8) is 0 Å². The summed E-state index contributed by atoms with van der Waals surface area (Å²) in [6.07, 6.45) is 0. The zero-order valence-corrected chi connectivity index (χ0v) is 11.5. The SMILES string of the molecule is Cc1cc(COc2ccc([B-](F)(F)F)c(C)c2)n(C)n1. The largest absolute Gasteiger partial charge is 0.509 e. The molecule has 2 rings (SSSR count). The van der Waals surface area contributed by atoms with Crippen LogP contribution < -0.4 is 10.2 Å². The minimum absolute atomic E-state index is 0.177. The Morgan fingerprint density at radius 2 is 1.90 bits per heavy atom. The van der Waals surface area contributed by atoms with E-state index in [2.05, 4.69) is 5.10 Å². The van der Waals surface area contributed by atoms with Crippen LogP contribution in [0.5, 0.6) is 5.75 Å². The molecule has 0 unspecified atom stereocenters. The van der Waals surface area contributed by atoms with Crippen molar-refractivity contribution < 1.29 is 17.7 Å². The van der Waals surface area contributed by atoms with Gasteiger partial charge in [0.2, 0.25) is 0 Å². The second kappa shape index (κ2) is 5.23. The molecule has 20 heavy (non-hydrogen) atoms. The molecule has 1 aromatic heterocycles. The average Bonchev–Trinajstić information content (AvgIpc) is 2.63. The highest BCUT2D eigenvalue weighted by Gasteiger charge is 2.27. The summed E-state index contributed by atoms with van der Waals surface area (Å²) in [5.41, 5.74) is 1.34. The summed E-state index contributed by atoms with van der Waals surface area (Å²) in [6, 6.07) is 5.70. The van der Waals surface area contributed by atoms with Gasteiger partial charge in [0.1, 0.15) is 12.4 Å². The molecule has 0 fully saturated rings. The van der Waals surface area contributed by atoms with Gasteiger partial charge in [0.25, 0.3) is 0 Å². The van der Waals surface area contributed by atoms with Crippen molar-refractivity contribution >= 4 is 12.4 Å². The molecule has 0 saturated heterocycles. The molecule has 0 aliphatic rings. The lowest BCUT2D eigenvalue weighted by molar-refractivity contribution is 0.294. The number of aromatic nitrogens is 2. The van der Waals surface area contributed by atoms with Gasteiger partial charge < -0.3 is 17.7 Å². The molecule has 1 heterocycles. The second-order valence-electron chi connectivity index (χ2n) is 4.78. The minimum atomic E-state index is -4.98. The van der Waals surface area contributed by atoms with Crippen molar-refractivity contribution in [1.29, 1.82) is 0 Å². The van der Waals surface area contributed by atoms with E-state index in [1.54, 1.807) is 11.7 Å². The Hall–Kier alpha value is -1.92. The number of benzene rings is 1. The van der Waals surface area contributed by atoms with Crippen LogP contribution in [-0.4, -0.2) is 16.8 Å². The third-order valence-corrected chi connectivity index (χ3v) is 3.08. The minimum Gasteiger partial charge on any atom is -0.487 e. The smallest absolute Gasteiger partial charge is 0.487 e. The summed E-state index contributed by atoms with van der Waals surface area (Å²) < 4.78 is 45.3. The Labute approximate surface area is 115 Å². The predicted molar refractivity (Wildman–Crippen MR) is 72.2 cm³/mol. The first-order valence-corrected chi connectivity index (χ1v) is 6.20. The van der Waals surface area contributed by atoms with E-state index in [1.807, 2.05) is 13.0 Å². The molecule has 0 atom stereocenters. The van der Waals surface area contributed by atoms with Gasteiger partial charge in [-0.25, -0.2) is 0 Å². The second-order valence-corrected chi connectivity index (χ2v) is 4.78. The van der Waals surface area contributed by atoms with Crippen LogP contribution in [0, 0.1) is 13.8 Å². The van der Waals surface area contributed by atoms with E-state index >= 15 is 0 Å². The Kier molecular flexibility index (Phi) is 3.79. The zero-order valence-electron chi connectivity index (χ0n) is 11.5. The summed E-state index contributed by atoms with van der Waals surface area (Å²) in [4.78, 5) is 0. The molecule has 108 valence electrons. The number of rotatable bonds is 4. The third-order valence-electron chi connectivity index (χ3n) is 3.08. The van der Waals surface area contributed by atoms with Gasteiger partial charge in [-0.1, -0.05) is 11.6 Å². The van der Waals surface area contributed by atoms with Crippen LogP contribution in [0.25, 0.3) is 0 Å². The van der Waals surface area contributed by atoms with Crippen LogP contribution in [0.1, 0.15) is 17.0 Å². The summed E-state index contributed by atoms with van der Waals surface area (Å²) in [6.45, 7) is -1.40. The molecular formula is C13H15BF3N2O-. The molecule has 0 N–H and O–H groups in total. The molecule has 0 bridgehead atoms. The summed E-state index contributed by atoms with van der Waals surface area (Å²) >= 11 is 0. The highest BCUT2D eigenvalue weighted by atomic mass is 19.4. The first-order chi connectivity index (χ1) is 9.27. The molecule has 0 spiro atoms. The van der Waals surface area contributed by atoms with Gasteiger partial charge in [0.15, 0.2) is 0 Å². The topological polar surface area (TPSA) is 27.1 Å². The van der Waals surface area contributed by atoms with Gasteiger partial charge in [0, 0.05) is 7.05 Å². The van der Waals surface area contributed by atoms with Crippen LogP contribution in [0.3, 0.4) is 0 Å². The monoisotopic (exact) mass is 283 g/mol. The van der Waals surface area contributed by atoms with Crippen LogP contribution in [-0.2, 0) is 13.7 Å². The van der Waals surface area contributed by atoms with E-state index in [0.29, 0.717) is 5.75 Å². The fraction of sp³-hybridized carbons (Fsp3) is 0.308. The van der Waals surface area contributed by atoms with E-state index in [4.69, 9.17) is 4.74 Å². The Morgan fingerprint density at radius 3 is 2.40 bits per heavy atom. The van der Waals surface area contributed by atoms with Crippen LogP contribution >= 0.6 is 0 Å². The van der Waals surface area contributed by atoms with E-state index < -0.39 is 12.4 Å². The molecule has 0 amide bonds. The molecule has 0 radical (unpaired) electrons. The molecule has 2 aromatic rings. The van der Waals surface area contributed by atoms with E-state index in [-0.39, 0.29) is 12.2 Å². The number of nitrogens with zero attached hydrogens (tertiary/aromatic N) is 2. The van der Waals surface area contributed by atoms with Crippen LogP contribution in [0.2, 0.25) is 0 Å². The molecule has 0 aliphatic heterocycles. The van der Waals surface area contributed by atoms with Gasteiger partial charge in [-0.05, 0) is 32.0 Å². The van der Waals surface area contributed by atoms with Crippen molar-refractivity contribution in [2.24, 2.45) is 7.05 Å². The lowest BCUT2D eigenvalue weighted by Crippen LogP contribution is -2.35. The van der Waals surface area contributed by atoms with Crippen molar-refractivity contribution in [3.8, 4) is 5.75 Å². The maximum Gasteiger partial charge on any atom is 0.509 e. The van der Waals surface area contributed by atoms with Crippen molar-refractivity contribution in [1.82, 2.24) is 9.78 Å². The highest BCUT2D eigenvalue weighted by molar-refractivity contribution is 6.74. The maximum absolute atomic E-state index is 12.7. The average molecular weight is 283 g/mol.